The minimum absolute atomic E-state index is 0.316. The average molecular weight is 165 g/mol. The van der Waals surface area contributed by atoms with Crippen LogP contribution in [0.5, 0.6) is 0 Å². The lowest BCUT2D eigenvalue weighted by molar-refractivity contribution is 0.580. The summed E-state index contributed by atoms with van der Waals surface area (Å²) in [6, 6.07) is 2.26. The SMILES string of the molecule is CCNC(C)c1ccnc(C)n1. The first kappa shape index (κ1) is 9.13. The normalized spacial score (nSPS) is 12.9. The number of hydrogen-bond acceptors (Lipinski definition) is 3. The van der Waals surface area contributed by atoms with Crippen molar-refractivity contribution in [2.45, 2.75) is 26.8 Å². The van der Waals surface area contributed by atoms with Crippen molar-refractivity contribution in [1.82, 2.24) is 15.3 Å². The predicted molar refractivity (Wildman–Crippen MR) is 48.9 cm³/mol. The van der Waals surface area contributed by atoms with E-state index < -0.39 is 0 Å². The zero-order valence-corrected chi connectivity index (χ0v) is 7.83. The monoisotopic (exact) mass is 165 g/mol. The first-order valence-corrected chi connectivity index (χ1v) is 4.27. The van der Waals surface area contributed by atoms with Crippen molar-refractivity contribution in [2.24, 2.45) is 0 Å². The van der Waals surface area contributed by atoms with Gasteiger partial charge in [-0.25, -0.2) is 9.97 Å². The molecule has 0 amide bonds. The molecule has 1 heterocycles. The van der Waals surface area contributed by atoms with Crippen LogP contribution in [-0.4, -0.2) is 16.5 Å². The van der Waals surface area contributed by atoms with Crippen LogP contribution in [0.15, 0.2) is 12.3 Å². The molecule has 1 rings (SSSR count). The van der Waals surface area contributed by atoms with E-state index >= 15 is 0 Å². The summed E-state index contributed by atoms with van der Waals surface area (Å²) in [4.78, 5) is 8.36. The zero-order chi connectivity index (χ0) is 8.97. The Morgan fingerprint density at radius 1 is 1.58 bits per heavy atom. The van der Waals surface area contributed by atoms with Crippen molar-refractivity contribution >= 4 is 0 Å². The Morgan fingerprint density at radius 2 is 2.33 bits per heavy atom. The van der Waals surface area contributed by atoms with Crippen LogP contribution in [0.2, 0.25) is 0 Å². The maximum absolute atomic E-state index is 4.32. The highest BCUT2D eigenvalue weighted by Gasteiger charge is 2.04. The summed E-state index contributed by atoms with van der Waals surface area (Å²) in [5.41, 5.74) is 1.06. The summed E-state index contributed by atoms with van der Waals surface area (Å²) in [7, 11) is 0. The molecule has 12 heavy (non-hydrogen) atoms. The Hall–Kier alpha value is -0.960. The smallest absolute Gasteiger partial charge is 0.125 e. The van der Waals surface area contributed by atoms with Gasteiger partial charge in [-0.1, -0.05) is 6.92 Å². The van der Waals surface area contributed by atoms with Crippen molar-refractivity contribution in [3.63, 3.8) is 0 Å². The maximum Gasteiger partial charge on any atom is 0.125 e. The van der Waals surface area contributed by atoms with Gasteiger partial charge in [0.2, 0.25) is 0 Å². The third-order valence-electron chi connectivity index (χ3n) is 1.75. The Kier molecular flexibility index (Phi) is 3.17. The highest BCUT2D eigenvalue weighted by atomic mass is 14.9. The Bertz CT molecular complexity index is 247. The minimum Gasteiger partial charge on any atom is -0.309 e. The molecule has 0 aliphatic rings. The molecule has 0 aliphatic heterocycles. The van der Waals surface area contributed by atoms with Gasteiger partial charge in [-0.3, -0.25) is 0 Å². The van der Waals surface area contributed by atoms with E-state index in [0.717, 1.165) is 18.1 Å². The van der Waals surface area contributed by atoms with E-state index in [0.29, 0.717) is 6.04 Å². The van der Waals surface area contributed by atoms with E-state index in [-0.39, 0.29) is 0 Å². The molecule has 0 spiro atoms. The lowest BCUT2D eigenvalue weighted by Crippen LogP contribution is -2.19. The maximum atomic E-state index is 4.32. The highest BCUT2D eigenvalue weighted by molar-refractivity contribution is 5.05. The summed E-state index contributed by atoms with van der Waals surface area (Å²) in [6.07, 6.45) is 1.80. The standard InChI is InChI=1S/C9H15N3/c1-4-10-7(2)9-5-6-11-8(3)12-9/h5-7,10H,4H2,1-3H3. The van der Waals surface area contributed by atoms with Crippen molar-refractivity contribution in [2.75, 3.05) is 6.54 Å². The second-order valence-electron chi connectivity index (χ2n) is 2.81. The van der Waals surface area contributed by atoms with Crippen LogP contribution in [0.25, 0.3) is 0 Å². The molecule has 66 valence electrons. The minimum atomic E-state index is 0.316. The quantitative estimate of drug-likeness (QED) is 0.736. The van der Waals surface area contributed by atoms with Gasteiger partial charge in [-0.05, 0) is 26.5 Å². The fourth-order valence-corrected chi connectivity index (χ4v) is 1.13. The molecule has 1 atom stereocenters. The summed E-state index contributed by atoms with van der Waals surface area (Å²) in [5, 5.41) is 3.30. The van der Waals surface area contributed by atoms with Gasteiger partial charge in [0.15, 0.2) is 0 Å². The van der Waals surface area contributed by atoms with Gasteiger partial charge in [-0.2, -0.15) is 0 Å². The van der Waals surface area contributed by atoms with Gasteiger partial charge in [0, 0.05) is 12.2 Å². The predicted octanol–water partition coefficient (Wildman–Crippen LogP) is 1.46. The van der Waals surface area contributed by atoms with Gasteiger partial charge < -0.3 is 5.32 Å². The third kappa shape index (κ3) is 2.27. The average Bonchev–Trinajstić information content (AvgIpc) is 2.05. The van der Waals surface area contributed by atoms with Crippen molar-refractivity contribution in [3.05, 3.63) is 23.8 Å². The number of aromatic nitrogens is 2. The van der Waals surface area contributed by atoms with Crippen LogP contribution in [0, 0.1) is 6.92 Å². The third-order valence-corrected chi connectivity index (χ3v) is 1.75. The molecule has 0 saturated heterocycles. The van der Waals surface area contributed by atoms with E-state index in [1.807, 2.05) is 13.0 Å². The van der Waals surface area contributed by atoms with E-state index in [1.165, 1.54) is 0 Å². The van der Waals surface area contributed by atoms with Gasteiger partial charge in [0.05, 0.1) is 5.69 Å². The second kappa shape index (κ2) is 4.16. The zero-order valence-electron chi connectivity index (χ0n) is 7.83. The van der Waals surface area contributed by atoms with Crippen molar-refractivity contribution in [3.8, 4) is 0 Å². The molecule has 3 heteroatoms. The van der Waals surface area contributed by atoms with Crippen LogP contribution in [0.3, 0.4) is 0 Å². The number of nitrogens with zero attached hydrogens (tertiary/aromatic N) is 2. The van der Waals surface area contributed by atoms with Crippen LogP contribution in [0.4, 0.5) is 0 Å². The highest BCUT2D eigenvalue weighted by Crippen LogP contribution is 2.07. The lowest BCUT2D eigenvalue weighted by atomic mass is 10.2. The lowest BCUT2D eigenvalue weighted by Gasteiger charge is -2.10. The fourth-order valence-electron chi connectivity index (χ4n) is 1.13. The van der Waals surface area contributed by atoms with E-state index in [9.17, 15) is 0 Å². The molecule has 1 aromatic heterocycles. The molecule has 0 aromatic carbocycles. The van der Waals surface area contributed by atoms with E-state index in [2.05, 4.69) is 29.1 Å². The molecule has 0 fully saturated rings. The number of hydrogen-bond donors (Lipinski definition) is 1. The van der Waals surface area contributed by atoms with Crippen LogP contribution in [0.1, 0.15) is 31.4 Å². The molecule has 0 radical (unpaired) electrons. The van der Waals surface area contributed by atoms with Crippen molar-refractivity contribution < 1.29 is 0 Å². The molecule has 0 bridgehead atoms. The molecule has 1 N–H and O–H groups in total. The van der Waals surface area contributed by atoms with Gasteiger partial charge in [-0.15, -0.1) is 0 Å². The first-order chi connectivity index (χ1) is 5.74. The topological polar surface area (TPSA) is 37.8 Å². The first-order valence-electron chi connectivity index (χ1n) is 4.27. The largest absolute Gasteiger partial charge is 0.309 e. The molecule has 3 nitrogen and oxygen atoms in total. The van der Waals surface area contributed by atoms with Crippen LogP contribution < -0.4 is 5.32 Å². The van der Waals surface area contributed by atoms with Crippen LogP contribution >= 0.6 is 0 Å². The van der Waals surface area contributed by atoms with Crippen molar-refractivity contribution in [1.29, 1.82) is 0 Å². The second-order valence-corrected chi connectivity index (χ2v) is 2.81. The van der Waals surface area contributed by atoms with Crippen LogP contribution in [-0.2, 0) is 0 Å². The molecule has 0 aliphatic carbocycles. The molecular weight excluding hydrogens is 150 g/mol. The Morgan fingerprint density at radius 3 is 2.92 bits per heavy atom. The summed E-state index contributed by atoms with van der Waals surface area (Å²) >= 11 is 0. The Balaban J connectivity index is 2.73. The Labute approximate surface area is 73.2 Å². The van der Waals surface area contributed by atoms with Gasteiger partial charge >= 0.3 is 0 Å². The van der Waals surface area contributed by atoms with Gasteiger partial charge in [0.1, 0.15) is 5.82 Å². The molecule has 0 saturated carbocycles. The fraction of sp³-hybridized carbons (Fsp3) is 0.556. The van der Waals surface area contributed by atoms with Gasteiger partial charge in [0.25, 0.3) is 0 Å². The summed E-state index contributed by atoms with van der Waals surface area (Å²) in [5.74, 6) is 0.831. The number of rotatable bonds is 3. The number of nitrogens with one attached hydrogen (secondary N) is 1. The van der Waals surface area contributed by atoms with E-state index in [1.54, 1.807) is 6.20 Å². The van der Waals surface area contributed by atoms with E-state index in [4.69, 9.17) is 0 Å². The molecular formula is C9H15N3. The summed E-state index contributed by atoms with van der Waals surface area (Å²) < 4.78 is 0. The number of aryl methyl sites for hydroxylation is 1. The molecule has 1 aromatic rings. The molecule has 1 unspecified atom stereocenters. The summed E-state index contributed by atoms with van der Waals surface area (Å²) in [6.45, 7) is 7.06.